The molecule has 0 bridgehead atoms. The number of hydrogen-bond donors (Lipinski definition) is 1. The molecular weight excluding hydrogens is 352 g/mol. The van der Waals surface area contributed by atoms with E-state index >= 15 is 0 Å². The second-order valence-corrected chi connectivity index (χ2v) is 7.44. The van der Waals surface area contributed by atoms with Crippen LogP contribution in [0.3, 0.4) is 0 Å². The van der Waals surface area contributed by atoms with Gasteiger partial charge >= 0.3 is 0 Å². The van der Waals surface area contributed by atoms with Gasteiger partial charge < -0.3 is 10.1 Å². The molecule has 1 heterocycles. The average molecular weight is 372 g/mol. The van der Waals surface area contributed by atoms with Gasteiger partial charge in [0.15, 0.2) is 0 Å². The topological polar surface area (TPSA) is 64.4 Å². The molecule has 1 aliphatic carbocycles. The first kappa shape index (κ1) is 16.8. The van der Waals surface area contributed by atoms with E-state index in [1.165, 1.54) is 11.1 Å². The summed E-state index contributed by atoms with van der Waals surface area (Å²) < 4.78 is 5.63. The second-order valence-electron chi connectivity index (χ2n) is 7.44. The third-order valence-corrected chi connectivity index (χ3v) is 6.07. The molecule has 0 fully saturated rings. The van der Waals surface area contributed by atoms with Crippen LogP contribution in [0.15, 0.2) is 66.7 Å². The van der Waals surface area contributed by atoms with Crippen LogP contribution in [0.4, 0.5) is 11.4 Å². The predicted molar refractivity (Wildman–Crippen MR) is 108 cm³/mol. The van der Waals surface area contributed by atoms with Crippen LogP contribution in [0.5, 0.6) is 5.75 Å². The fraction of sp³-hybridized carbons (Fsp3) is 0.217. The maximum atomic E-state index is 11.4. The van der Waals surface area contributed by atoms with Gasteiger partial charge in [0, 0.05) is 29.3 Å². The summed E-state index contributed by atoms with van der Waals surface area (Å²) in [6, 6.07) is 21.8. The molecule has 28 heavy (non-hydrogen) atoms. The highest BCUT2D eigenvalue weighted by atomic mass is 16.6. The molecule has 0 saturated carbocycles. The monoisotopic (exact) mass is 372 g/mol. The van der Waals surface area contributed by atoms with E-state index in [0.29, 0.717) is 0 Å². The summed E-state index contributed by atoms with van der Waals surface area (Å²) in [6.45, 7) is 0. The quantitative estimate of drug-likeness (QED) is 0.515. The minimum Gasteiger partial charge on any atom is -0.496 e. The van der Waals surface area contributed by atoms with Crippen LogP contribution in [-0.2, 0) is 6.42 Å². The van der Waals surface area contributed by atoms with E-state index in [1.54, 1.807) is 19.2 Å². The Labute approximate surface area is 163 Å². The minimum atomic E-state index is -0.317. The van der Waals surface area contributed by atoms with Crippen molar-refractivity contribution < 1.29 is 9.66 Å². The van der Waals surface area contributed by atoms with Gasteiger partial charge in [0.05, 0.1) is 18.1 Å². The lowest BCUT2D eigenvalue weighted by molar-refractivity contribution is -0.384. The molecule has 1 aliphatic heterocycles. The Morgan fingerprint density at radius 2 is 1.75 bits per heavy atom. The Morgan fingerprint density at radius 3 is 2.54 bits per heavy atom. The van der Waals surface area contributed by atoms with Gasteiger partial charge in [-0.15, -0.1) is 0 Å². The Hall–Kier alpha value is -3.34. The fourth-order valence-corrected chi connectivity index (χ4v) is 4.89. The summed E-state index contributed by atoms with van der Waals surface area (Å²) in [7, 11) is 1.69. The molecule has 0 saturated heterocycles. The van der Waals surface area contributed by atoms with E-state index in [4.69, 9.17) is 4.74 Å². The molecule has 0 amide bonds. The largest absolute Gasteiger partial charge is 0.496 e. The highest BCUT2D eigenvalue weighted by molar-refractivity contribution is 5.66. The van der Waals surface area contributed by atoms with Crippen LogP contribution in [-0.4, -0.2) is 12.0 Å². The lowest BCUT2D eigenvalue weighted by atomic mass is 9.75. The number of methoxy groups -OCH3 is 1. The number of anilines is 1. The van der Waals surface area contributed by atoms with Crippen LogP contribution < -0.4 is 10.1 Å². The molecule has 2 aliphatic rings. The molecular formula is C23H20N2O3. The van der Waals surface area contributed by atoms with E-state index in [0.717, 1.165) is 29.0 Å². The maximum Gasteiger partial charge on any atom is 0.269 e. The van der Waals surface area contributed by atoms with Crippen molar-refractivity contribution in [3.8, 4) is 5.75 Å². The summed E-state index contributed by atoms with van der Waals surface area (Å²) in [5, 5.41) is 15.0. The van der Waals surface area contributed by atoms with E-state index in [2.05, 4.69) is 35.6 Å². The van der Waals surface area contributed by atoms with Gasteiger partial charge in [-0.05, 0) is 41.2 Å². The summed E-state index contributed by atoms with van der Waals surface area (Å²) in [5.41, 5.74) is 5.82. The molecule has 3 aromatic carbocycles. The van der Waals surface area contributed by atoms with Gasteiger partial charge in [0.1, 0.15) is 5.75 Å². The van der Waals surface area contributed by atoms with Crippen LogP contribution in [0.1, 0.15) is 34.2 Å². The molecule has 0 unspecified atom stereocenters. The lowest BCUT2D eigenvalue weighted by Gasteiger charge is -2.38. The van der Waals surface area contributed by atoms with Gasteiger partial charge in [0.25, 0.3) is 5.69 Å². The Kier molecular flexibility index (Phi) is 3.83. The van der Waals surface area contributed by atoms with Crippen molar-refractivity contribution in [2.45, 2.75) is 18.4 Å². The lowest BCUT2D eigenvalue weighted by Crippen LogP contribution is -2.30. The second kappa shape index (κ2) is 6.37. The summed E-state index contributed by atoms with van der Waals surface area (Å²) in [4.78, 5) is 11.0. The summed E-state index contributed by atoms with van der Waals surface area (Å²) in [6.07, 6.45) is 0.929. The van der Waals surface area contributed by atoms with Crippen molar-refractivity contribution in [3.05, 3.63) is 99.1 Å². The zero-order valence-corrected chi connectivity index (χ0v) is 15.5. The number of fused-ring (bicyclic) bond motifs is 5. The number of non-ortho nitro benzene ring substituents is 1. The minimum absolute atomic E-state index is 0.0718. The third kappa shape index (κ3) is 2.47. The predicted octanol–water partition coefficient (Wildman–Crippen LogP) is 5.07. The highest BCUT2D eigenvalue weighted by Crippen LogP contribution is 2.55. The number of nitro groups is 1. The molecule has 5 heteroatoms. The maximum absolute atomic E-state index is 11.4. The van der Waals surface area contributed by atoms with E-state index in [1.807, 2.05) is 24.3 Å². The SMILES string of the molecule is COc1ccccc1[C@@H]1Nc2ccc([N+](=O)[O-])cc2[C@@H]2c3ccccc3C[C@H]21. The molecule has 3 aromatic rings. The van der Waals surface area contributed by atoms with Crippen molar-refractivity contribution in [1.29, 1.82) is 0 Å². The first-order valence-electron chi connectivity index (χ1n) is 9.43. The smallest absolute Gasteiger partial charge is 0.269 e. The van der Waals surface area contributed by atoms with Gasteiger partial charge in [-0.2, -0.15) is 0 Å². The van der Waals surface area contributed by atoms with Crippen molar-refractivity contribution in [1.82, 2.24) is 0 Å². The van der Waals surface area contributed by atoms with Crippen molar-refractivity contribution in [2.24, 2.45) is 5.92 Å². The molecule has 5 rings (SSSR count). The van der Waals surface area contributed by atoms with Crippen molar-refractivity contribution in [2.75, 3.05) is 12.4 Å². The molecule has 0 radical (unpaired) electrons. The zero-order valence-electron chi connectivity index (χ0n) is 15.5. The van der Waals surface area contributed by atoms with Gasteiger partial charge in [-0.25, -0.2) is 0 Å². The molecule has 0 spiro atoms. The highest BCUT2D eigenvalue weighted by Gasteiger charge is 2.44. The standard InChI is InChI=1S/C23H20N2O3/c1-28-21-9-5-4-8-17(21)23-19-12-14-6-2-3-7-16(14)22(19)18-13-15(25(26)27)10-11-20(18)24-23/h2-11,13,19,22-24H,12H2,1H3/t19-,22+,23+/m1/s1. The van der Waals surface area contributed by atoms with Crippen molar-refractivity contribution >= 4 is 11.4 Å². The number of hydrogen-bond acceptors (Lipinski definition) is 4. The van der Waals surface area contributed by atoms with Crippen LogP contribution in [0.2, 0.25) is 0 Å². The zero-order chi connectivity index (χ0) is 19.3. The number of nitrogens with zero attached hydrogens (tertiary/aromatic N) is 1. The van der Waals surface area contributed by atoms with E-state index in [9.17, 15) is 10.1 Å². The first-order chi connectivity index (χ1) is 13.7. The normalized spacial score (nSPS) is 21.8. The number of benzene rings is 3. The van der Waals surface area contributed by atoms with Crippen LogP contribution >= 0.6 is 0 Å². The Bertz CT molecular complexity index is 1080. The molecule has 140 valence electrons. The number of para-hydroxylation sites is 1. The van der Waals surface area contributed by atoms with Crippen LogP contribution in [0, 0.1) is 16.0 Å². The summed E-state index contributed by atoms with van der Waals surface area (Å²) >= 11 is 0. The first-order valence-corrected chi connectivity index (χ1v) is 9.43. The van der Waals surface area contributed by atoms with Gasteiger partial charge in [-0.1, -0.05) is 42.5 Å². The molecule has 1 N–H and O–H groups in total. The molecule has 3 atom stereocenters. The van der Waals surface area contributed by atoms with Crippen LogP contribution in [0.25, 0.3) is 0 Å². The van der Waals surface area contributed by atoms with Gasteiger partial charge in [-0.3, -0.25) is 10.1 Å². The number of nitro benzene ring substituents is 1. The number of nitrogens with one attached hydrogen (secondary N) is 1. The van der Waals surface area contributed by atoms with E-state index in [-0.39, 0.29) is 28.5 Å². The average Bonchev–Trinajstić information content (AvgIpc) is 3.12. The van der Waals surface area contributed by atoms with E-state index < -0.39 is 0 Å². The fourth-order valence-electron chi connectivity index (χ4n) is 4.89. The Morgan fingerprint density at radius 1 is 1.00 bits per heavy atom. The van der Waals surface area contributed by atoms with Gasteiger partial charge in [0.2, 0.25) is 0 Å². The van der Waals surface area contributed by atoms with Crippen molar-refractivity contribution in [3.63, 3.8) is 0 Å². The summed E-state index contributed by atoms with van der Waals surface area (Å²) in [5.74, 6) is 1.26. The number of ether oxygens (including phenoxy) is 1. The molecule has 0 aromatic heterocycles. The number of rotatable bonds is 3. The third-order valence-electron chi connectivity index (χ3n) is 6.07. The molecule has 5 nitrogen and oxygen atoms in total. The Balaban J connectivity index is 1.70.